The van der Waals surface area contributed by atoms with Crippen molar-refractivity contribution in [3.63, 3.8) is 0 Å². The van der Waals surface area contributed by atoms with Crippen LogP contribution in [0.3, 0.4) is 0 Å². The highest BCUT2D eigenvalue weighted by Crippen LogP contribution is 2.21. The Morgan fingerprint density at radius 3 is 2.79 bits per heavy atom. The van der Waals surface area contributed by atoms with Crippen molar-refractivity contribution in [1.82, 2.24) is 20.0 Å². The van der Waals surface area contributed by atoms with Crippen LogP contribution in [0.25, 0.3) is 11.4 Å². The molecule has 0 aliphatic carbocycles. The SMILES string of the molecule is COc1cc(-c2cc(N)n[nH]2)nn1C. The number of nitrogens with one attached hydrogen (secondary N) is 1. The molecule has 0 unspecified atom stereocenters. The summed E-state index contributed by atoms with van der Waals surface area (Å²) >= 11 is 0. The number of nitrogens with two attached hydrogens (primary N) is 1. The Balaban J connectivity index is 2.42. The van der Waals surface area contributed by atoms with Gasteiger partial charge in [-0.05, 0) is 0 Å². The molecule has 0 amide bonds. The summed E-state index contributed by atoms with van der Waals surface area (Å²) in [5.41, 5.74) is 7.02. The van der Waals surface area contributed by atoms with Crippen LogP contribution in [-0.4, -0.2) is 27.1 Å². The van der Waals surface area contributed by atoms with E-state index in [1.165, 1.54) is 0 Å². The van der Waals surface area contributed by atoms with Gasteiger partial charge >= 0.3 is 0 Å². The topological polar surface area (TPSA) is 81.8 Å². The van der Waals surface area contributed by atoms with E-state index in [9.17, 15) is 0 Å². The van der Waals surface area contributed by atoms with E-state index < -0.39 is 0 Å². The van der Waals surface area contributed by atoms with Gasteiger partial charge in [0.05, 0.1) is 12.8 Å². The van der Waals surface area contributed by atoms with E-state index in [0.717, 1.165) is 11.4 Å². The van der Waals surface area contributed by atoms with Gasteiger partial charge in [-0.15, -0.1) is 0 Å². The molecule has 2 aromatic rings. The summed E-state index contributed by atoms with van der Waals surface area (Å²) in [4.78, 5) is 0. The van der Waals surface area contributed by atoms with Crippen molar-refractivity contribution in [3.8, 4) is 17.3 Å². The van der Waals surface area contributed by atoms with Crippen LogP contribution in [0.4, 0.5) is 5.82 Å². The van der Waals surface area contributed by atoms with E-state index in [0.29, 0.717) is 11.7 Å². The van der Waals surface area contributed by atoms with E-state index in [1.54, 1.807) is 17.9 Å². The summed E-state index contributed by atoms with van der Waals surface area (Å²) in [6, 6.07) is 3.54. The van der Waals surface area contributed by atoms with Crippen LogP contribution in [0.5, 0.6) is 5.88 Å². The highest BCUT2D eigenvalue weighted by molar-refractivity contribution is 5.58. The maximum absolute atomic E-state index is 5.49. The lowest BCUT2D eigenvalue weighted by molar-refractivity contribution is 0.373. The van der Waals surface area contributed by atoms with Crippen molar-refractivity contribution in [2.45, 2.75) is 0 Å². The van der Waals surface area contributed by atoms with Gasteiger partial charge in [0.1, 0.15) is 11.5 Å². The van der Waals surface area contributed by atoms with E-state index in [2.05, 4.69) is 15.3 Å². The molecular formula is C8H11N5O. The molecule has 0 fully saturated rings. The number of nitrogen functional groups attached to an aromatic ring is 1. The first-order valence-corrected chi connectivity index (χ1v) is 4.10. The van der Waals surface area contributed by atoms with Crippen molar-refractivity contribution >= 4 is 5.82 Å². The van der Waals surface area contributed by atoms with Gasteiger partial charge in [0.15, 0.2) is 0 Å². The van der Waals surface area contributed by atoms with E-state index in [-0.39, 0.29) is 0 Å². The number of methoxy groups -OCH3 is 1. The van der Waals surface area contributed by atoms with Crippen molar-refractivity contribution in [1.29, 1.82) is 0 Å². The van der Waals surface area contributed by atoms with Gasteiger partial charge in [-0.25, -0.2) is 4.68 Å². The van der Waals surface area contributed by atoms with E-state index >= 15 is 0 Å². The Labute approximate surface area is 80.7 Å². The van der Waals surface area contributed by atoms with Gasteiger partial charge in [-0.2, -0.15) is 10.2 Å². The second-order valence-corrected chi connectivity index (χ2v) is 2.90. The lowest BCUT2D eigenvalue weighted by Gasteiger charge is -1.95. The molecule has 14 heavy (non-hydrogen) atoms. The molecule has 0 saturated carbocycles. The molecule has 6 heteroatoms. The molecule has 0 aliphatic heterocycles. The first-order chi connectivity index (χ1) is 6.70. The number of rotatable bonds is 2. The van der Waals surface area contributed by atoms with Gasteiger partial charge < -0.3 is 10.5 Å². The zero-order valence-corrected chi connectivity index (χ0v) is 7.98. The lowest BCUT2D eigenvalue weighted by atomic mass is 10.3. The standard InChI is InChI=1S/C8H11N5O/c1-13-8(14-2)4-6(12-13)5-3-7(9)11-10-5/h3-4H,1-2H3,(H3,9,10,11). The van der Waals surface area contributed by atoms with Crippen LogP contribution in [-0.2, 0) is 7.05 Å². The quantitative estimate of drug-likeness (QED) is 0.723. The highest BCUT2D eigenvalue weighted by atomic mass is 16.5. The fourth-order valence-electron chi connectivity index (χ4n) is 1.24. The van der Waals surface area contributed by atoms with Crippen molar-refractivity contribution in [2.75, 3.05) is 12.8 Å². The monoisotopic (exact) mass is 193 g/mol. The number of H-pyrrole nitrogens is 1. The van der Waals surface area contributed by atoms with Crippen LogP contribution >= 0.6 is 0 Å². The summed E-state index contributed by atoms with van der Waals surface area (Å²) in [6.45, 7) is 0. The molecule has 2 heterocycles. The van der Waals surface area contributed by atoms with Crippen LogP contribution in [0.2, 0.25) is 0 Å². The Morgan fingerprint density at radius 1 is 1.50 bits per heavy atom. The third-order valence-electron chi connectivity index (χ3n) is 1.92. The van der Waals surface area contributed by atoms with Crippen LogP contribution in [0.15, 0.2) is 12.1 Å². The third-order valence-corrected chi connectivity index (χ3v) is 1.92. The first kappa shape index (κ1) is 8.61. The zero-order valence-electron chi connectivity index (χ0n) is 7.98. The molecule has 3 N–H and O–H groups in total. The molecule has 2 aromatic heterocycles. The summed E-state index contributed by atoms with van der Waals surface area (Å²) in [6.07, 6.45) is 0. The van der Waals surface area contributed by atoms with Crippen LogP contribution < -0.4 is 10.5 Å². The number of hydrogen-bond acceptors (Lipinski definition) is 4. The number of aromatic amines is 1. The van der Waals surface area contributed by atoms with E-state index in [4.69, 9.17) is 10.5 Å². The van der Waals surface area contributed by atoms with Crippen molar-refractivity contribution in [2.24, 2.45) is 7.05 Å². The van der Waals surface area contributed by atoms with Crippen molar-refractivity contribution < 1.29 is 4.74 Å². The van der Waals surface area contributed by atoms with E-state index in [1.807, 2.05) is 13.1 Å². The second kappa shape index (κ2) is 3.06. The van der Waals surface area contributed by atoms with Gasteiger partial charge in [0.25, 0.3) is 0 Å². The van der Waals surface area contributed by atoms with Gasteiger partial charge in [-0.1, -0.05) is 0 Å². The predicted molar refractivity (Wildman–Crippen MR) is 51.8 cm³/mol. The smallest absolute Gasteiger partial charge is 0.211 e. The van der Waals surface area contributed by atoms with Crippen molar-refractivity contribution in [3.05, 3.63) is 12.1 Å². The molecule has 0 atom stereocenters. The Hall–Kier alpha value is -1.98. The summed E-state index contributed by atoms with van der Waals surface area (Å²) < 4.78 is 6.73. The van der Waals surface area contributed by atoms with Crippen LogP contribution in [0, 0.1) is 0 Å². The number of aryl methyl sites for hydroxylation is 1. The maximum atomic E-state index is 5.49. The molecule has 0 radical (unpaired) electrons. The molecule has 0 aliphatic rings. The number of ether oxygens (including phenoxy) is 1. The maximum Gasteiger partial charge on any atom is 0.211 e. The molecule has 74 valence electrons. The minimum atomic E-state index is 0.449. The van der Waals surface area contributed by atoms with Gasteiger partial charge in [-0.3, -0.25) is 5.10 Å². The third kappa shape index (κ3) is 1.30. The average molecular weight is 193 g/mol. The molecular weight excluding hydrogens is 182 g/mol. The first-order valence-electron chi connectivity index (χ1n) is 4.10. The largest absolute Gasteiger partial charge is 0.481 e. The summed E-state index contributed by atoms with van der Waals surface area (Å²) in [5.74, 6) is 1.14. The van der Waals surface area contributed by atoms with Crippen LogP contribution in [0.1, 0.15) is 0 Å². The lowest BCUT2D eigenvalue weighted by Crippen LogP contribution is -1.94. The fraction of sp³-hybridized carbons (Fsp3) is 0.250. The number of aromatic nitrogens is 4. The normalized spacial score (nSPS) is 10.4. The molecule has 2 rings (SSSR count). The zero-order chi connectivity index (χ0) is 10.1. The highest BCUT2D eigenvalue weighted by Gasteiger charge is 2.08. The molecule has 6 nitrogen and oxygen atoms in total. The Morgan fingerprint density at radius 2 is 2.29 bits per heavy atom. The Bertz CT molecular complexity index is 444. The molecule has 0 bridgehead atoms. The second-order valence-electron chi connectivity index (χ2n) is 2.90. The van der Waals surface area contributed by atoms with Gasteiger partial charge in [0.2, 0.25) is 5.88 Å². The number of hydrogen-bond donors (Lipinski definition) is 2. The minimum absolute atomic E-state index is 0.449. The summed E-state index contributed by atoms with van der Waals surface area (Å²) in [5, 5.41) is 10.8. The van der Waals surface area contributed by atoms with Gasteiger partial charge in [0, 0.05) is 19.2 Å². The Kier molecular flexibility index (Phi) is 1.88. The molecule has 0 saturated heterocycles. The number of nitrogens with zero attached hydrogens (tertiary/aromatic N) is 3. The predicted octanol–water partition coefficient (Wildman–Crippen LogP) is 0.401. The minimum Gasteiger partial charge on any atom is -0.481 e. The molecule has 0 aromatic carbocycles. The average Bonchev–Trinajstić information content (AvgIpc) is 2.71. The molecule has 0 spiro atoms. The number of anilines is 1. The summed E-state index contributed by atoms with van der Waals surface area (Å²) in [7, 11) is 3.41. The fourth-order valence-corrected chi connectivity index (χ4v) is 1.24.